The molecule has 0 aliphatic rings. The molecule has 8 nitrogen and oxygen atoms in total. The summed E-state index contributed by atoms with van der Waals surface area (Å²) in [6.45, 7) is 0.585. The molecule has 0 spiro atoms. The summed E-state index contributed by atoms with van der Waals surface area (Å²) in [5, 5.41) is 10.7. The van der Waals surface area contributed by atoms with Crippen LogP contribution in [0.1, 0.15) is 11.1 Å². The summed E-state index contributed by atoms with van der Waals surface area (Å²) in [5.41, 5.74) is 5.76. The molecule has 1 aromatic heterocycles. The van der Waals surface area contributed by atoms with Crippen LogP contribution in [-0.2, 0) is 6.54 Å². The molecule has 4 rings (SSSR count). The average molecular weight is 425 g/mol. The Kier molecular flexibility index (Phi) is 6.85. The third-order valence-corrected chi connectivity index (χ3v) is 4.43. The Hall–Kier alpha value is -4.46. The molecule has 0 unspecified atom stereocenters. The van der Waals surface area contributed by atoms with Gasteiger partial charge in [-0.25, -0.2) is 5.43 Å². The van der Waals surface area contributed by atoms with Gasteiger partial charge in [0.1, 0.15) is 5.75 Å². The van der Waals surface area contributed by atoms with Gasteiger partial charge in [-0.2, -0.15) is 20.1 Å². The molecule has 8 heteroatoms. The quantitative estimate of drug-likeness (QED) is 0.265. The first-order chi connectivity index (χ1) is 15.8. The highest BCUT2D eigenvalue weighted by Gasteiger charge is 2.07. The predicted molar refractivity (Wildman–Crippen MR) is 128 cm³/mol. The van der Waals surface area contributed by atoms with E-state index in [9.17, 15) is 0 Å². The smallest absolute Gasteiger partial charge is 0.250 e. The van der Waals surface area contributed by atoms with Crippen LogP contribution in [-0.4, -0.2) is 28.3 Å². The zero-order valence-corrected chi connectivity index (χ0v) is 17.6. The highest BCUT2D eigenvalue weighted by atomic mass is 16.5. The van der Waals surface area contributed by atoms with Gasteiger partial charge in [0, 0.05) is 12.2 Å². The van der Waals surface area contributed by atoms with E-state index < -0.39 is 0 Å². The summed E-state index contributed by atoms with van der Waals surface area (Å²) >= 11 is 0. The lowest BCUT2D eigenvalue weighted by Crippen LogP contribution is -2.09. The molecule has 1 heterocycles. The molecule has 160 valence electrons. The molecule has 0 radical (unpaired) electrons. The molecule has 0 aliphatic heterocycles. The largest absolute Gasteiger partial charge is 0.497 e. The van der Waals surface area contributed by atoms with Crippen LogP contribution in [0, 0.1) is 0 Å². The number of ether oxygens (including phenoxy) is 1. The molecule has 0 saturated heterocycles. The van der Waals surface area contributed by atoms with Gasteiger partial charge < -0.3 is 15.4 Å². The first-order valence-electron chi connectivity index (χ1n) is 10.1. The van der Waals surface area contributed by atoms with E-state index in [4.69, 9.17) is 4.74 Å². The number of hydrogen-bond donors (Lipinski definition) is 3. The number of hydrazone groups is 1. The number of nitrogens with zero attached hydrogens (tertiary/aromatic N) is 4. The van der Waals surface area contributed by atoms with Crippen LogP contribution in [0.15, 0.2) is 90.0 Å². The van der Waals surface area contributed by atoms with E-state index in [1.54, 1.807) is 13.3 Å². The molecule has 32 heavy (non-hydrogen) atoms. The monoisotopic (exact) mass is 425 g/mol. The Bertz CT molecular complexity index is 1170. The molecule has 0 saturated carbocycles. The molecule has 3 aromatic carbocycles. The lowest BCUT2D eigenvalue weighted by Gasteiger charge is -2.10. The molecule has 0 amide bonds. The topological polar surface area (TPSA) is 96.4 Å². The predicted octanol–water partition coefficient (Wildman–Crippen LogP) is 4.68. The molecular weight excluding hydrogens is 402 g/mol. The van der Waals surface area contributed by atoms with Gasteiger partial charge in [0.25, 0.3) is 0 Å². The van der Waals surface area contributed by atoms with E-state index in [1.807, 2.05) is 84.9 Å². The van der Waals surface area contributed by atoms with Gasteiger partial charge in [0.05, 0.1) is 13.3 Å². The van der Waals surface area contributed by atoms with Crippen molar-refractivity contribution < 1.29 is 4.74 Å². The van der Waals surface area contributed by atoms with Crippen molar-refractivity contribution in [2.75, 3.05) is 23.2 Å². The normalized spacial score (nSPS) is 10.7. The molecule has 0 fully saturated rings. The number of para-hydroxylation sites is 1. The Morgan fingerprint density at radius 1 is 0.812 bits per heavy atom. The molecule has 0 atom stereocenters. The number of methoxy groups -OCH3 is 1. The number of hydrogen-bond acceptors (Lipinski definition) is 8. The van der Waals surface area contributed by atoms with Crippen molar-refractivity contribution >= 4 is 29.7 Å². The zero-order chi connectivity index (χ0) is 22.0. The van der Waals surface area contributed by atoms with Gasteiger partial charge in [-0.15, -0.1) is 0 Å². The Labute approximate surface area is 186 Å². The number of rotatable bonds is 9. The highest BCUT2D eigenvalue weighted by Crippen LogP contribution is 2.16. The minimum Gasteiger partial charge on any atom is -0.497 e. The van der Waals surface area contributed by atoms with Crippen LogP contribution in [0.3, 0.4) is 0 Å². The fourth-order valence-corrected chi connectivity index (χ4v) is 2.87. The fourth-order valence-electron chi connectivity index (χ4n) is 2.87. The Morgan fingerprint density at radius 3 is 2.31 bits per heavy atom. The van der Waals surface area contributed by atoms with E-state index >= 15 is 0 Å². The van der Waals surface area contributed by atoms with Gasteiger partial charge in [-0.3, -0.25) is 0 Å². The molecular formula is C24H23N7O. The van der Waals surface area contributed by atoms with Crippen molar-refractivity contribution in [3.63, 3.8) is 0 Å². The van der Waals surface area contributed by atoms with Gasteiger partial charge in [-0.1, -0.05) is 60.7 Å². The number of nitrogens with one attached hydrogen (secondary N) is 3. The van der Waals surface area contributed by atoms with Gasteiger partial charge >= 0.3 is 0 Å². The van der Waals surface area contributed by atoms with Crippen LogP contribution < -0.4 is 20.8 Å². The van der Waals surface area contributed by atoms with Crippen LogP contribution in [0.4, 0.5) is 23.5 Å². The summed E-state index contributed by atoms with van der Waals surface area (Å²) < 4.78 is 5.24. The average Bonchev–Trinajstić information content (AvgIpc) is 2.84. The standard InChI is InChI=1S/C24H23N7O/c1-32-21-14-8-11-19(15-21)17-26-31-24-29-22(25-16-18-9-4-2-5-10-18)28-23(30-24)27-20-12-6-3-7-13-20/h2-15,17H,16H2,1H3,(H3,25,27,28,29,30,31)/b26-17+. The van der Waals surface area contributed by atoms with Crippen LogP contribution in [0.2, 0.25) is 0 Å². The number of anilines is 4. The summed E-state index contributed by atoms with van der Waals surface area (Å²) in [7, 11) is 1.63. The van der Waals surface area contributed by atoms with Crippen molar-refractivity contribution in [3.05, 3.63) is 96.1 Å². The lowest BCUT2D eigenvalue weighted by atomic mass is 10.2. The van der Waals surface area contributed by atoms with E-state index in [-0.39, 0.29) is 0 Å². The van der Waals surface area contributed by atoms with E-state index in [1.165, 1.54) is 0 Å². The SMILES string of the molecule is COc1cccc(/C=N/Nc2nc(NCc3ccccc3)nc(Nc3ccccc3)n2)c1. The molecule has 3 N–H and O–H groups in total. The third kappa shape index (κ3) is 6.02. The minimum absolute atomic E-state index is 0.313. The molecule has 0 bridgehead atoms. The summed E-state index contributed by atoms with van der Waals surface area (Å²) in [6, 6.07) is 27.3. The minimum atomic E-state index is 0.313. The second-order valence-electron chi connectivity index (χ2n) is 6.78. The van der Waals surface area contributed by atoms with Crippen molar-refractivity contribution in [1.29, 1.82) is 0 Å². The Morgan fingerprint density at radius 2 is 1.53 bits per heavy atom. The highest BCUT2D eigenvalue weighted by molar-refractivity contribution is 5.80. The van der Waals surface area contributed by atoms with Crippen LogP contribution in [0.25, 0.3) is 0 Å². The lowest BCUT2D eigenvalue weighted by molar-refractivity contribution is 0.415. The maximum atomic E-state index is 5.24. The summed E-state index contributed by atoms with van der Waals surface area (Å²) in [5.74, 6) is 1.91. The third-order valence-electron chi connectivity index (χ3n) is 4.43. The van der Waals surface area contributed by atoms with Gasteiger partial charge in [0.15, 0.2) is 0 Å². The van der Waals surface area contributed by atoms with Crippen molar-refractivity contribution in [1.82, 2.24) is 15.0 Å². The van der Waals surface area contributed by atoms with E-state index in [0.29, 0.717) is 24.4 Å². The van der Waals surface area contributed by atoms with Crippen molar-refractivity contribution in [2.24, 2.45) is 5.10 Å². The fraction of sp³-hybridized carbons (Fsp3) is 0.0833. The first-order valence-corrected chi connectivity index (χ1v) is 10.1. The Balaban J connectivity index is 1.52. The zero-order valence-electron chi connectivity index (χ0n) is 17.6. The van der Waals surface area contributed by atoms with Gasteiger partial charge in [0.2, 0.25) is 17.8 Å². The summed E-state index contributed by atoms with van der Waals surface area (Å²) in [6.07, 6.45) is 1.67. The van der Waals surface area contributed by atoms with Gasteiger partial charge in [-0.05, 0) is 35.4 Å². The maximum Gasteiger partial charge on any atom is 0.250 e. The second-order valence-corrected chi connectivity index (χ2v) is 6.78. The number of aromatic nitrogens is 3. The number of benzene rings is 3. The summed E-state index contributed by atoms with van der Waals surface area (Å²) in [4.78, 5) is 13.3. The van der Waals surface area contributed by atoms with Crippen molar-refractivity contribution in [2.45, 2.75) is 6.54 Å². The second kappa shape index (κ2) is 10.5. The van der Waals surface area contributed by atoms with Crippen LogP contribution in [0.5, 0.6) is 5.75 Å². The first kappa shape index (κ1) is 20.8. The molecule has 4 aromatic rings. The van der Waals surface area contributed by atoms with E-state index in [2.05, 4.69) is 36.1 Å². The van der Waals surface area contributed by atoms with Crippen molar-refractivity contribution in [3.8, 4) is 5.75 Å². The van der Waals surface area contributed by atoms with Crippen LogP contribution >= 0.6 is 0 Å². The maximum absolute atomic E-state index is 5.24. The van der Waals surface area contributed by atoms with E-state index in [0.717, 1.165) is 22.6 Å². The molecule has 0 aliphatic carbocycles.